The Labute approximate surface area is 206 Å². The van der Waals surface area contributed by atoms with Crippen LogP contribution in [0.5, 0.6) is 0 Å². The zero-order valence-corrected chi connectivity index (χ0v) is 21.1. The fourth-order valence-corrected chi connectivity index (χ4v) is 5.72. The summed E-state index contributed by atoms with van der Waals surface area (Å²) in [4.78, 5) is 26.4. The van der Waals surface area contributed by atoms with E-state index in [9.17, 15) is 13.2 Å². The van der Waals surface area contributed by atoms with Gasteiger partial charge in [0.25, 0.3) is 10.0 Å². The molecule has 2 aromatic heterocycles. The second-order valence-electron chi connectivity index (χ2n) is 8.69. The smallest absolute Gasteiger partial charge is 0.355 e. The molecular weight excluding hydrogens is 484 g/mol. The minimum absolute atomic E-state index is 0.130. The number of nitrogens with zero attached hydrogens (tertiary/aromatic N) is 5. The molecule has 35 heavy (non-hydrogen) atoms. The summed E-state index contributed by atoms with van der Waals surface area (Å²) in [7, 11) is -0.0680. The van der Waals surface area contributed by atoms with Crippen molar-refractivity contribution in [3.8, 4) is 5.69 Å². The molecule has 0 atom stereocenters. The van der Waals surface area contributed by atoms with Crippen molar-refractivity contribution in [2.45, 2.75) is 30.6 Å². The molecule has 1 N–H and O–H groups in total. The number of hydrazone groups is 1. The summed E-state index contributed by atoms with van der Waals surface area (Å²) < 4.78 is 27.3. The maximum atomic E-state index is 13.1. The average Bonchev–Trinajstić information content (AvgIpc) is 3.58. The molecule has 0 bridgehead atoms. The van der Waals surface area contributed by atoms with Crippen molar-refractivity contribution in [3.63, 3.8) is 0 Å². The summed E-state index contributed by atoms with van der Waals surface area (Å²) in [6.45, 7) is 1.88. The standard InChI is InChI=1S/C24H24N6O3S2/c1-15-7-11-19(12-8-15)35(32,33)28-25-14-16-5-4-6-18(13-16)30-22-20(21(29(2)3)27-24(30)31)34-23(26-22)17-9-10-17/h4-8,11-14,17,28H,9-10H2,1-3H3/b25-14+. The zero-order chi connectivity index (χ0) is 24.7. The normalized spacial score (nSPS) is 14.0. The molecule has 11 heteroatoms. The van der Waals surface area contributed by atoms with Gasteiger partial charge in [-0.1, -0.05) is 29.8 Å². The van der Waals surface area contributed by atoms with E-state index in [-0.39, 0.29) is 4.90 Å². The molecule has 5 rings (SSSR count). The molecule has 1 saturated carbocycles. The molecule has 9 nitrogen and oxygen atoms in total. The van der Waals surface area contributed by atoms with Crippen LogP contribution in [0.4, 0.5) is 5.82 Å². The minimum atomic E-state index is -3.78. The molecule has 0 saturated heterocycles. The highest BCUT2D eigenvalue weighted by Crippen LogP contribution is 2.44. The quantitative estimate of drug-likeness (QED) is 0.303. The number of thiazole rings is 1. The van der Waals surface area contributed by atoms with Gasteiger partial charge in [-0.3, -0.25) is 0 Å². The van der Waals surface area contributed by atoms with Crippen molar-refractivity contribution >= 4 is 43.7 Å². The predicted octanol–water partition coefficient (Wildman–Crippen LogP) is 3.41. The largest absolute Gasteiger partial charge is 0.361 e. The van der Waals surface area contributed by atoms with Crippen molar-refractivity contribution in [3.05, 3.63) is 75.1 Å². The van der Waals surface area contributed by atoms with Gasteiger partial charge in [0.05, 0.1) is 21.8 Å². The van der Waals surface area contributed by atoms with Crippen LogP contribution in [0.25, 0.3) is 16.0 Å². The maximum Gasteiger partial charge on any atom is 0.355 e. The van der Waals surface area contributed by atoms with Crippen molar-refractivity contribution in [1.82, 2.24) is 19.4 Å². The van der Waals surface area contributed by atoms with Crippen LogP contribution in [0.2, 0.25) is 0 Å². The molecule has 0 aliphatic heterocycles. The van der Waals surface area contributed by atoms with Crippen molar-refractivity contribution in [1.29, 1.82) is 0 Å². The Balaban J connectivity index is 1.48. The number of sulfonamides is 1. The van der Waals surface area contributed by atoms with Gasteiger partial charge in [0.2, 0.25) is 0 Å². The average molecular weight is 509 g/mol. The Morgan fingerprint density at radius 2 is 1.89 bits per heavy atom. The summed E-state index contributed by atoms with van der Waals surface area (Å²) in [6, 6.07) is 13.6. The topological polar surface area (TPSA) is 110 Å². The monoisotopic (exact) mass is 508 g/mol. The highest BCUT2D eigenvalue weighted by molar-refractivity contribution is 7.89. The molecule has 180 valence electrons. The Kier molecular flexibility index (Phi) is 5.89. The van der Waals surface area contributed by atoms with E-state index in [4.69, 9.17) is 4.98 Å². The molecule has 1 fully saturated rings. The van der Waals surface area contributed by atoms with Crippen molar-refractivity contribution < 1.29 is 8.42 Å². The van der Waals surface area contributed by atoms with Crippen LogP contribution >= 0.6 is 11.3 Å². The van der Waals surface area contributed by atoms with Gasteiger partial charge < -0.3 is 4.90 Å². The van der Waals surface area contributed by atoms with Gasteiger partial charge in [0.1, 0.15) is 4.70 Å². The van der Waals surface area contributed by atoms with E-state index in [1.54, 1.807) is 47.7 Å². The molecule has 1 aliphatic rings. The number of aromatic nitrogens is 3. The highest BCUT2D eigenvalue weighted by atomic mass is 32.2. The lowest BCUT2D eigenvalue weighted by molar-refractivity contribution is 0.584. The number of anilines is 1. The minimum Gasteiger partial charge on any atom is -0.361 e. The summed E-state index contributed by atoms with van der Waals surface area (Å²) in [5.74, 6) is 1.06. The van der Waals surface area contributed by atoms with Crippen LogP contribution in [0.1, 0.15) is 34.9 Å². The molecule has 1 aliphatic carbocycles. The predicted molar refractivity (Wildman–Crippen MR) is 138 cm³/mol. The summed E-state index contributed by atoms with van der Waals surface area (Å²) in [5.41, 5.74) is 2.31. The van der Waals surface area contributed by atoms with E-state index < -0.39 is 15.7 Å². The summed E-state index contributed by atoms with van der Waals surface area (Å²) >= 11 is 1.58. The van der Waals surface area contributed by atoms with Gasteiger partial charge in [0, 0.05) is 20.0 Å². The van der Waals surface area contributed by atoms with E-state index in [0.717, 1.165) is 28.1 Å². The third-order valence-electron chi connectivity index (χ3n) is 5.63. The Morgan fingerprint density at radius 1 is 1.14 bits per heavy atom. The molecule has 0 amide bonds. The first-order valence-electron chi connectivity index (χ1n) is 11.1. The first-order valence-corrected chi connectivity index (χ1v) is 13.4. The second kappa shape index (κ2) is 8.90. The molecule has 2 aromatic carbocycles. The SMILES string of the molecule is Cc1ccc(S(=O)(=O)N/N=C/c2cccc(-n3c(=O)nc(N(C)C)c4sc(C5CC5)nc43)c2)cc1. The van der Waals surface area contributed by atoms with Crippen LogP contribution in [0, 0.1) is 6.92 Å². The fraction of sp³-hybridized carbons (Fsp3) is 0.250. The van der Waals surface area contributed by atoms with Gasteiger partial charge >= 0.3 is 5.69 Å². The van der Waals surface area contributed by atoms with E-state index in [2.05, 4.69) is 14.9 Å². The third-order valence-corrected chi connectivity index (χ3v) is 8.07. The van der Waals surface area contributed by atoms with Gasteiger partial charge in [-0.15, -0.1) is 11.3 Å². The van der Waals surface area contributed by atoms with E-state index in [1.807, 2.05) is 25.9 Å². The summed E-state index contributed by atoms with van der Waals surface area (Å²) in [6.07, 6.45) is 3.62. The number of hydrogen-bond acceptors (Lipinski definition) is 8. The summed E-state index contributed by atoms with van der Waals surface area (Å²) in [5, 5.41) is 4.94. The van der Waals surface area contributed by atoms with Crippen LogP contribution in [0.15, 0.2) is 63.3 Å². The number of rotatable bonds is 7. The van der Waals surface area contributed by atoms with Crippen LogP contribution in [-0.2, 0) is 10.0 Å². The number of aryl methyl sites for hydroxylation is 1. The Bertz CT molecular complexity index is 1600. The first-order chi connectivity index (χ1) is 16.7. The van der Waals surface area contributed by atoms with Crippen molar-refractivity contribution in [2.75, 3.05) is 19.0 Å². The van der Waals surface area contributed by atoms with Crippen LogP contribution in [-0.4, -0.2) is 43.3 Å². The number of hydrogen-bond donors (Lipinski definition) is 1. The number of benzene rings is 2. The molecular formula is C24H24N6O3S2. The molecule has 4 aromatic rings. The highest BCUT2D eigenvalue weighted by Gasteiger charge is 2.29. The van der Waals surface area contributed by atoms with E-state index >= 15 is 0 Å². The lowest BCUT2D eigenvalue weighted by Crippen LogP contribution is -2.25. The molecule has 0 unspecified atom stereocenters. The number of fused-ring (bicyclic) bond motifs is 1. The van der Waals surface area contributed by atoms with Crippen LogP contribution < -0.4 is 15.4 Å². The third kappa shape index (κ3) is 4.69. The Morgan fingerprint density at radius 3 is 2.57 bits per heavy atom. The van der Waals surface area contributed by atoms with E-state index in [0.29, 0.717) is 28.6 Å². The van der Waals surface area contributed by atoms with Gasteiger partial charge in [-0.25, -0.2) is 19.2 Å². The maximum absolute atomic E-state index is 13.1. The lowest BCUT2D eigenvalue weighted by Gasteiger charge is -2.14. The fourth-order valence-electron chi connectivity index (χ4n) is 3.63. The molecule has 0 spiro atoms. The zero-order valence-electron chi connectivity index (χ0n) is 19.5. The second-order valence-corrected chi connectivity index (χ2v) is 11.4. The lowest BCUT2D eigenvalue weighted by atomic mass is 10.2. The molecule has 0 radical (unpaired) electrons. The van der Waals surface area contributed by atoms with E-state index in [1.165, 1.54) is 22.9 Å². The van der Waals surface area contributed by atoms with Gasteiger partial charge in [0.15, 0.2) is 11.5 Å². The van der Waals surface area contributed by atoms with Crippen LogP contribution in [0.3, 0.4) is 0 Å². The Hall–Kier alpha value is -3.57. The number of nitrogens with one attached hydrogen (secondary N) is 1. The van der Waals surface area contributed by atoms with Crippen molar-refractivity contribution in [2.24, 2.45) is 5.10 Å². The van der Waals surface area contributed by atoms with Gasteiger partial charge in [-0.2, -0.15) is 18.5 Å². The first kappa shape index (κ1) is 23.2. The van der Waals surface area contributed by atoms with Gasteiger partial charge in [-0.05, 0) is 49.6 Å². The molecule has 2 heterocycles.